The lowest BCUT2D eigenvalue weighted by molar-refractivity contribution is -0.0876. The standard InChI is InChI=1S/C19H21F2NO5S/c1-25-16-6-4-5-15(18(16)27-3)14-8-7-13(9-17(14)26-2)28(23,24)22-12-10-19(20,21)11-12/h4-9,12,22H,10-11H2,1-3H3. The van der Waals surface area contributed by atoms with Crippen molar-refractivity contribution in [2.45, 2.75) is 29.7 Å². The van der Waals surface area contributed by atoms with Gasteiger partial charge < -0.3 is 14.2 Å². The molecule has 0 aromatic heterocycles. The zero-order chi connectivity index (χ0) is 20.5. The fraction of sp³-hybridized carbons (Fsp3) is 0.368. The Labute approximate surface area is 162 Å². The SMILES string of the molecule is COc1cc(S(=O)(=O)NC2CC(F)(F)C2)ccc1-c1cccc(OC)c1OC. The molecule has 152 valence electrons. The number of para-hydroxylation sites is 1. The van der Waals surface area contributed by atoms with Crippen molar-refractivity contribution < 1.29 is 31.4 Å². The summed E-state index contributed by atoms with van der Waals surface area (Å²) in [6, 6.07) is 8.88. The molecule has 6 nitrogen and oxygen atoms in total. The molecule has 2 aromatic rings. The fourth-order valence-electron chi connectivity index (χ4n) is 3.19. The maximum atomic E-state index is 13.0. The molecule has 0 saturated heterocycles. The molecular weight excluding hydrogens is 392 g/mol. The zero-order valence-corrected chi connectivity index (χ0v) is 16.5. The highest BCUT2D eigenvalue weighted by Crippen LogP contribution is 2.42. The van der Waals surface area contributed by atoms with Gasteiger partial charge in [-0.3, -0.25) is 0 Å². The molecule has 1 aliphatic carbocycles. The van der Waals surface area contributed by atoms with Gasteiger partial charge in [-0.05, 0) is 18.2 Å². The molecule has 3 rings (SSSR count). The van der Waals surface area contributed by atoms with E-state index >= 15 is 0 Å². The van der Waals surface area contributed by atoms with E-state index in [1.807, 2.05) is 0 Å². The van der Waals surface area contributed by atoms with Crippen molar-refractivity contribution in [1.29, 1.82) is 0 Å². The van der Waals surface area contributed by atoms with Crippen molar-refractivity contribution in [1.82, 2.24) is 4.72 Å². The molecule has 0 atom stereocenters. The van der Waals surface area contributed by atoms with Crippen LogP contribution in [0.15, 0.2) is 41.3 Å². The summed E-state index contributed by atoms with van der Waals surface area (Å²) >= 11 is 0. The summed E-state index contributed by atoms with van der Waals surface area (Å²) in [6.07, 6.45) is -0.995. The normalized spacial score (nSPS) is 16.3. The molecule has 0 heterocycles. The van der Waals surface area contributed by atoms with Crippen LogP contribution in [0.5, 0.6) is 17.2 Å². The number of alkyl halides is 2. The van der Waals surface area contributed by atoms with E-state index in [2.05, 4.69) is 4.72 Å². The molecule has 0 aliphatic heterocycles. The van der Waals surface area contributed by atoms with E-state index in [1.165, 1.54) is 33.5 Å². The summed E-state index contributed by atoms with van der Waals surface area (Å²) in [5.74, 6) is -1.51. The van der Waals surface area contributed by atoms with Gasteiger partial charge in [0.2, 0.25) is 10.0 Å². The van der Waals surface area contributed by atoms with Crippen LogP contribution >= 0.6 is 0 Å². The van der Waals surface area contributed by atoms with Gasteiger partial charge >= 0.3 is 0 Å². The van der Waals surface area contributed by atoms with Gasteiger partial charge in [0.15, 0.2) is 11.5 Å². The Morgan fingerprint density at radius 1 is 0.964 bits per heavy atom. The van der Waals surface area contributed by atoms with E-state index in [0.717, 1.165) is 0 Å². The fourth-order valence-corrected chi connectivity index (χ4v) is 4.44. The second-order valence-electron chi connectivity index (χ2n) is 6.49. The number of ether oxygens (including phenoxy) is 3. The van der Waals surface area contributed by atoms with Crippen molar-refractivity contribution in [3.8, 4) is 28.4 Å². The predicted molar refractivity (Wildman–Crippen MR) is 99.8 cm³/mol. The van der Waals surface area contributed by atoms with Gasteiger partial charge in [-0.2, -0.15) is 0 Å². The second-order valence-corrected chi connectivity index (χ2v) is 8.20. The molecule has 0 bridgehead atoms. The van der Waals surface area contributed by atoms with Crippen LogP contribution in [-0.2, 0) is 10.0 Å². The van der Waals surface area contributed by atoms with Crippen LogP contribution in [0.2, 0.25) is 0 Å². The molecule has 2 aromatic carbocycles. The molecule has 1 N–H and O–H groups in total. The summed E-state index contributed by atoms with van der Waals surface area (Å²) in [7, 11) is 0.492. The van der Waals surface area contributed by atoms with Crippen LogP contribution in [0.25, 0.3) is 11.1 Å². The van der Waals surface area contributed by atoms with E-state index < -0.39 is 34.8 Å². The topological polar surface area (TPSA) is 73.9 Å². The van der Waals surface area contributed by atoms with Crippen molar-refractivity contribution in [2.75, 3.05) is 21.3 Å². The maximum Gasteiger partial charge on any atom is 0.251 e. The third kappa shape index (κ3) is 3.90. The van der Waals surface area contributed by atoms with Crippen LogP contribution in [0.3, 0.4) is 0 Å². The smallest absolute Gasteiger partial charge is 0.251 e. The summed E-state index contributed by atoms with van der Waals surface area (Å²) < 4.78 is 69.4. The average molecular weight is 413 g/mol. The second kappa shape index (κ2) is 7.56. The lowest BCUT2D eigenvalue weighted by atomic mass is 9.89. The Hall–Kier alpha value is -2.39. The maximum absolute atomic E-state index is 13.0. The van der Waals surface area contributed by atoms with E-state index in [9.17, 15) is 17.2 Å². The minimum atomic E-state index is -3.95. The average Bonchev–Trinajstić information content (AvgIpc) is 2.64. The monoisotopic (exact) mass is 413 g/mol. The first-order chi connectivity index (χ1) is 13.2. The van der Waals surface area contributed by atoms with E-state index in [1.54, 1.807) is 24.3 Å². The van der Waals surface area contributed by atoms with Crippen LogP contribution in [0.1, 0.15) is 12.8 Å². The van der Waals surface area contributed by atoms with Crippen molar-refractivity contribution in [3.63, 3.8) is 0 Å². The highest BCUT2D eigenvalue weighted by molar-refractivity contribution is 7.89. The van der Waals surface area contributed by atoms with Gasteiger partial charge in [0.05, 0.1) is 26.2 Å². The number of benzene rings is 2. The van der Waals surface area contributed by atoms with Gasteiger partial charge in [0.25, 0.3) is 5.92 Å². The minimum absolute atomic E-state index is 0.0646. The summed E-state index contributed by atoms with van der Waals surface area (Å²) in [5, 5.41) is 0. The Balaban J connectivity index is 1.96. The summed E-state index contributed by atoms with van der Waals surface area (Å²) in [4.78, 5) is -0.0646. The third-order valence-corrected chi connectivity index (χ3v) is 6.11. The van der Waals surface area contributed by atoms with Crippen LogP contribution in [0.4, 0.5) is 8.78 Å². The van der Waals surface area contributed by atoms with Crippen molar-refractivity contribution >= 4 is 10.0 Å². The number of nitrogens with one attached hydrogen (secondary N) is 1. The number of hydrogen-bond donors (Lipinski definition) is 1. The molecule has 1 fully saturated rings. The van der Waals surface area contributed by atoms with E-state index in [-0.39, 0.29) is 4.90 Å². The Bertz CT molecular complexity index is 970. The molecule has 0 spiro atoms. The highest BCUT2D eigenvalue weighted by Gasteiger charge is 2.46. The molecule has 0 amide bonds. The van der Waals surface area contributed by atoms with Gasteiger partial charge in [-0.25, -0.2) is 21.9 Å². The lowest BCUT2D eigenvalue weighted by Crippen LogP contribution is -2.50. The largest absolute Gasteiger partial charge is 0.496 e. The predicted octanol–water partition coefficient (Wildman–Crippen LogP) is 3.46. The first kappa shape index (κ1) is 20.3. The molecule has 1 aliphatic rings. The summed E-state index contributed by atoms with van der Waals surface area (Å²) in [6.45, 7) is 0. The Kier molecular flexibility index (Phi) is 5.49. The van der Waals surface area contributed by atoms with E-state index in [0.29, 0.717) is 28.4 Å². The number of rotatable bonds is 7. The van der Waals surface area contributed by atoms with Crippen LogP contribution < -0.4 is 18.9 Å². The molecule has 28 heavy (non-hydrogen) atoms. The van der Waals surface area contributed by atoms with Gasteiger partial charge in [-0.15, -0.1) is 0 Å². The number of methoxy groups -OCH3 is 3. The van der Waals surface area contributed by atoms with E-state index in [4.69, 9.17) is 14.2 Å². The number of halogens is 2. The molecule has 9 heteroatoms. The van der Waals surface area contributed by atoms with Gasteiger partial charge in [-0.1, -0.05) is 12.1 Å². The Morgan fingerprint density at radius 3 is 2.21 bits per heavy atom. The number of hydrogen-bond acceptors (Lipinski definition) is 5. The minimum Gasteiger partial charge on any atom is -0.496 e. The Morgan fingerprint density at radius 2 is 1.64 bits per heavy atom. The molecule has 0 radical (unpaired) electrons. The van der Waals surface area contributed by atoms with Crippen molar-refractivity contribution in [2.24, 2.45) is 0 Å². The van der Waals surface area contributed by atoms with Crippen molar-refractivity contribution in [3.05, 3.63) is 36.4 Å². The molecule has 0 unspecified atom stereocenters. The zero-order valence-electron chi connectivity index (χ0n) is 15.7. The third-order valence-electron chi connectivity index (χ3n) is 4.59. The van der Waals surface area contributed by atoms with Crippen LogP contribution in [0, 0.1) is 0 Å². The summed E-state index contributed by atoms with van der Waals surface area (Å²) in [5.41, 5.74) is 1.27. The van der Waals surface area contributed by atoms with Gasteiger partial charge in [0.1, 0.15) is 5.75 Å². The first-order valence-corrected chi connectivity index (χ1v) is 9.98. The molecule has 1 saturated carbocycles. The highest BCUT2D eigenvalue weighted by atomic mass is 32.2. The lowest BCUT2D eigenvalue weighted by Gasteiger charge is -2.35. The van der Waals surface area contributed by atoms with Gasteiger partial charge in [0, 0.05) is 36.1 Å². The molecular formula is C19H21F2NO5S. The quantitative estimate of drug-likeness (QED) is 0.753. The van der Waals surface area contributed by atoms with Crippen LogP contribution in [-0.4, -0.2) is 41.7 Å². The number of sulfonamides is 1. The first-order valence-electron chi connectivity index (χ1n) is 8.50.